The van der Waals surface area contributed by atoms with E-state index in [9.17, 15) is 0 Å². The Hall–Kier alpha value is -2.56. The van der Waals surface area contributed by atoms with Crippen LogP contribution in [0.2, 0.25) is 0 Å². The second kappa shape index (κ2) is 8.78. The summed E-state index contributed by atoms with van der Waals surface area (Å²) in [5, 5.41) is 4.17. The minimum atomic E-state index is 0.616. The molecule has 1 heterocycles. The van der Waals surface area contributed by atoms with Crippen molar-refractivity contribution in [1.82, 2.24) is 4.98 Å². The van der Waals surface area contributed by atoms with Gasteiger partial charge in [-0.25, -0.2) is 4.98 Å². The largest absolute Gasteiger partial charge is 0.493 e. The number of ether oxygens (including phenoxy) is 2. The number of rotatable bonds is 8. The lowest BCUT2D eigenvalue weighted by Crippen LogP contribution is -2.03. The maximum atomic E-state index is 5.77. The van der Waals surface area contributed by atoms with Crippen LogP contribution in [0.4, 0.5) is 5.82 Å². The molecule has 0 saturated carbocycles. The van der Waals surface area contributed by atoms with Gasteiger partial charge in [0, 0.05) is 6.20 Å². The van der Waals surface area contributed by atoms with E-state index in [4.69, 9.17) is 9.47 Å². The highest BCUT2D eigenvalue weighted by atomic mass is 16.5. The van der Waals surface area contributed by atoms with Crippen molar-refractivity contribution in [2.24, 2.45) is 11.0 Å². The van der Waals surface area contributed by atoms with Crippen molar-refractivity contribution in [2.45, 2.75) is 20.3 Å². The van der Waals surface area contributed by atoms with Crippen LogP contribution in [-0.4, -0.2) is 24.9 Å². The van der Waals surface area contributed by atoms with E-state index in [1.165, 1.54) is 0 Å². The Labute approximate surface area is 137 Å². The molecule has 5 nitrogen and oxygen atoms in total. The zero-order valence-electron chi connectivity index (χ0n) is 13.8. The highest BCUT2D eigenvalue weighted by Gasteiger charge is 2.05. The Balaban J connectivity index is 1.97. The first kappa shape index (κ1) is 16.8. The van der Waals surface area contributed by atoms with Crippen LogP contribution in [0.5, 0.6) is 11.5 Å². The Kier molecular flexibility index (Phi) is 6.41. The van der Waals surface area contributed by atoms with Crippen molar-refractivity contribution in [3.8, 4) is 11.5 Å². The summed E-state index contributed by atoms with van der Waals surface area (Å²) in [5.74, 6) is 2.77. The van der Waals surface area contributed by atoms with Gasteiger partial charge in [-0.2, -0.15) is 5.10 Å². The van der Waals surface area contributed by atoms with Crippen molar-refractivity contribution < 1.29 is 9.47 Å². The average molecular weight is 313 g/mol. The first-order chi connectivity index (χ1) is 11.2. The molecule has 0 bridgehead atoms. The fourth-order valence-corrected chi connectivity index (χ4v) is 1.89. The minimum absolute atomic E-state index is 0.616. The molecule has 0 spiro atoms. The van der Waals surface area contributed by atoms with Crippen molar-refractivity contribution in [1.29, 1.82) is 0 Å². The van der Waals surface area contributed by atoms with Crippen LogP contribution >= 0.6 is 0 Å². The van der Waals surface area contributed by atoms with E-state index in [-0.39, 0.29) is 0 Å². The van der Waals surface area contributed by atoms with Crippen LogP contribution in [0.1, 0.15) is 25.8 Å². The summed E-state index contributed by atoms with van der Waals surface area (Å²) in [6.07, 6.45) is 4.44. The molecule has 0 aliphatic rings. The van der Waals surface area contributed by atoms with Gasteiger partial charge in [-0.15, -0.1) is 0 Å². The minimum Gasteiger partial charge on any atom is -0.493 e. The Bertz CT molecular complexity index is 627. The third kappa shape index (κ3) is 5.62. The summed E-state index contributed by atoms with van der Waals surface area (Å²) >= 11 is 0. The van der Waals surface area contributed by atoms with Crippen molar-refractivity contribution >= 4 is 12.0 Å². The predicted octanol–water partition coefficient (Wildman–Crippen LogP) is 3.96. The molecular weight excluding hydrogens is 290 g/mol. The highest BCUT2D eigenvalue weighted by molar-refractivity contribution is 5.81. The first-order valence-electron chi connectivity index (χ1n) is 7.70. The quantitative estimate of drug-likeness (QED) is 0.592. The van der Waals surface area contributed by atoms with E-state index in [1.54, 1.807) is 19.5 Å². The third-order valence-electron chi connectivity index (χ3n) is 3.20. The fourth-order valence-electron chi connectivity index (χ4n) is 1.89. The van der Waals surface area contributed by atoms with Gasteiger partial charge in [0.05, 0.1) is 19.9 Å². The molecule has 0 aliphatic carbocycles. The van der Waals surface area contributed by atoms with Crippen LogP contribution in [0.25, 0.3) is 0 Å². The van der Waals surface area contributed by atoms with Gasteiger partial charge in [-0.1, -0.05) is 19.9 Å². The lowest BCUT2D eigenvalue weighted by Gasteiger charge is -2.12. The van der Waals surface area contributed by atoms with Crippen LogP contribution in [0.3, 0.4) is 0 Å². The molecule has 1 N–H and O–H groups in total. The Morgan fingerprint density at radius 1 is 1.22 bits per heavy atom. The van der Waals surface area contributed by atoms with Crippen molar-refractivity contribution in [2.75, 3.05) is 19.1 Å². The molecule has 0 atom stereocenters. The molecular formula is C18H23N3O2. The number of hydrazone groups is 1. The summed E-state index contributed by atoms with van der Waals surface area (Å²) in [4.78, 5) is 4.14. The van der Waals surface area contributed by atoms with Crippen LogP contribution in [-0.2, 0) is 0 Å². The van der Waals surface area contributed by atoms with Crippen LogP contribution < -0.4 is 14.9 Å². The SMILES string of the molecule is COc1cc(/C=N/Nc2ccccn2)ccc1OCCC(C)C. The molecule has 0 radical (unpaired) electrons. The number of nitrogens with zero attached hydrogens (tertiary/aromatic N) is 2. The molecule has 122 valence electrons. The van der Waals surface area contributed by atoms with Gasteiger partial charge in [0.1, 0.15) is 5.82 Å². The smallest absolute Gasteiger partial charge is 0.161 e. The number of methoxy groups -OCH3 is 1. The summed E-state index contributed by atoms with van der Waals surface area (Å²) in [5.41, 5.74) is 3.80. The number of hydrogen-bond donors (Lipinski definition) is 1. The van der Waals surface area contributed by atoms with E-state index in [0.29, 0.717) is 24.1 Å². The number of nitrogens with one attached hydrogen (secondary N) is 1. The molecule has 1 aromatic heterocycles. The molecule has 0 saturated heterocycles. The highest BCUT2D eigenvalue weighted by Crippen LogP contribution is 2.27. The number of benzene rings is 1. The molecule has 0 unspecified atom stereocenters. The lowest BCUT2D eigenvalue weighted by molar-refractivity contribution is 0.273. The second-order valence-corrected chi connectivity index (χ2v) is 5.53. The van der Waals surface area contributed by atoms with E-state index in [1.807, 2.05) is 36.4 Å². The topological polar surface area (TPSA) is 55.7 Å². The number of aromatic nitrogens is 1. The molecule has 0 aliphatic heterocycles. The van der Waals surface area contributed by atoms with Crippen LogP contribution in [0, 0.1) is 5.92 Å². The van der Waals surface area contributed by atoms with Gasteiger partial charge in [0.25, 0.3) is 0 Å². The Morgan fingerprint density at radius 3 is 2.78 bits per heavy atom. The second-order valence-electron chi connectivity index (χ2n) is 5.53. The summed E-state index contributed by atoms with van der Waals surface area (Å²) in [6, 6.07) is 11.4. The van der Waals surface area contributed by atoms with Crippen molar-refractivity contribution in [3.63, 3.8) is 0 Å². The molecule has 2 aromatic rings. The lowest BCUT2D eigenvalue weighted by atomic mass is 10.1. The Morgan fingerprint density at radius 2 is 2.09 bits per heavy atom. The standard InChI is InChI=1S/C18H23N3O2/c1-14(2)9-11-23-16-8-7-15(12-17(16)22-3)13-20-21-18-6-4-5-10-19-18/h4-8,10,12-14H,9,11H2,1-3H3,(H,19,21)/b20-13+. The number of anilines is 1. The van der Waals surface area contributed by atoms with Gasteiger partial charge in [0.15, 0.2) is 11.5 Å². The fraction of sp³-hybridized carbons (Fsp3) is 0.333. The summed E-state index contributed by atoms with van der Waals surface area (Å²) in [7, 11) is 1.64. The zero-order chi connectivity index (χ0) is 16.5. The van der Waals surface area contributed by atoms with E-state index < -0.39 is 0 Å². The van der Waals surface area contributed by atoms with Gasteiger partial charge in [-0.05, 0) is 48.2 Å². The van der Waals surface area contributed by atoms with Gasteiger partial charge in [-0.3, -0.25) is 5.43 Å². The van der Waals surface area contributed by atoms with Gasteiger partial charge in [0.2, 0.25) is 0 Å². The van der Waals surface area contributed by atoms with Crippen LogP contribution in [0.15, 0.2) is 47.7 Å². The zero-order valence-corrected chi connectivity index (χ0v) is 13.8. The number of hydrogen-bond acceptors (Lipinski definition) is 5. The first-order valence-corrected chi connectivity index (χ1v) is 7.70. The van der Waals surface area contributed by atoms with E-state index >= 15 is 0 Å². The van der Waals surface area contributed by atoms with E-state index in [0.717, 1.165) is 17.7 Å². The summed E-state index contributed by atoms with van der Waals surface area (Å²) < 4.78 is 11.2. The van der Waals surface area contributed by atoms with Gasteiger partial charge < -0.3 is 9.47 Å². The normalized spacial score (nSPS) is 11.0. The molecule has 0 amide bonds. The predicted molar refractivity (Wildman–Crippen MR) is 93.4 cm³/mol. The maximum absolute atomic E-state index is 5.77. The maximum Gasteiger partial charge on any atom is 0.161 e. The summed E-state index contributed by atoms with van der Waals surface area (Å²) in [6.45, 7) is 5.03. The van der Waals surface area contributed by atoms with Gasteiger partial charge >= 0.3 is 0 Å². The average Bonchev–Trinajstić information content (AvgIpc) is 2.56. The molecule has 23 heavy (non-hydrogen) atoms. The van der Waals surface area contributed by atoms with E-state index in [2.05, 4.69) is 29.4 Å². The molecule has 1 aromatic carbocycles. The number of pyridine rings is 1. The molecule has 2 rings (SSSR count). The molecule has 5 heteroatoms. The molecule has 0 fully saturated rings. The monoisotopic (exact) mass is 313 g/mol. The van der Waals surface area contributed by atoms with Crippen molar-refractivity contribution in [3.05, 3.63) is 48.2 Å². The third-order valence-corrected chi connectivity index (χ3v) is 3.20.